The molecule has 1 aliphatic rings. The Morgan fingerprint density at radius 3 is 2.58 bits per heavy atom. The molecule has 3 rings (SSSR count). The smallest absolute Gasteiger partial charge is 0.123 e. The molecule has 0 aromatic heterocycles. The third-order valence-corrected chi connectivity index (χ3v) is 4.74. The van der Waals surface area contributed by atoms with Gasteiger partial charge in [-0.1, -0.05) is 42.0 Å². The molecule has 0 nitrogen and oxygen atoms in total. The van der Waals surface area contributed by atoms with Crippen molar-refractivity contribution in [1.29, 1.82) is 0 Å². The molecule has 19 heavy (non-hydrogen) atoms. The first-order valence-electron chi connectivity index (χ1n) is 6.39. The number of hydrogen-bond donors (Lipinski definition) is 0. The van der Waals surface area contributed by atoms with Crippen molar-refractivity contribution >= 4 is 16.7 Å². The fourth-order valence-electron chi connectivity index (χ4n) is 2.43. The lowest BCUT2D eigenvalue weighted by atomic mass is 10.1. The number of thioether (sulfide) groups is 1. The summed E-state index contributed by atoms with van der Waals surface area (Å²) < 4.78 is 12.9. The molecule has 2 aromatic carbocycles. The summed E-state index contributed by atoms with van der Waals surface area (Å²) >= 11 is 1.85. The minimum Gasteiger partial charge on any atom is -0.207 e. The molecule has 0 N–H and O–H groups in total. The second-order valence-corrected chi connectivity index (χ2v) is 5.84. The highest BCUT2D eigenvalue weighted by molar-refractivity contribution is 8.07. The maximum atomic E-state index is 12.9. The van der Waals surface area contributed by atoms with Crippen molar-refractivity contribution in [2.45, 2.75) is 19.1 Å². The summed E-state index contributed by atoms with van der Waals surface area (Å²) in [6, 6.07) is 15.4. The van der Waals surface area contributed by atoms with Gasteiger partial charge in [0.25, 0.3) is 0 Å². The van der Waals surface area contributed by atoms with Crippen molar-refractivity contribution in [2.24, 2.45) is 0 Å². The molecule has 0 radical (unpaired) electrons. The van der Waals surface area contributed by atoms with Crippen LogP contribution in [0.5, 0.6) is 0 Å². The van der Waals surface area contributed by atoms with Crippen molar-refractivity contribution in [3.63, 3.8) is 0 Å². The molecular weight excluding hydrogens is 255 g/mol. The molecule has 96 valence electrons. The zero-order chi connectivity index (χ0) is 13.2. The number of allylic oxidation sites excluding steroid dienone is 1. The molecule has 0 unspecified atom stereocenters. The Kier molecular flexibility index (Phi) is 3.43. The largest absolute Gasteiger partial charge is 0.207 e. The minimum absolute atomic E-state index is 0.171. The Hall–Kier alpha value is -1.54. The van der Waals surface area contributed by atoms with E-state index in [2.05, 4.69) is 31.2 Å². The van der Waals surface area contributed by atoms with Crippen LogP contribution in [0, 0.1) is 5.82 Å². The molecule has 0 saturated heterocycles. The van der Waals surface area contributed by atoms with E-state index in [4.69, 9.17) is 0 Å². The zero-order valence-corrected chi connectivity index (χ0v) is 11.6. The lowest BCUT2D eigenvalue weighted by Crippen LogP contribution is -1.84. The van der Waals surface area contributed by atoms with Crippen LogP contribution in [-0.4, -0.2) is 0 Å². The molecule has 0 spiro atoms. The Balaban J connectivity index is 1.77. The van der Waals surface area contributed by atoms with Crippen LogP contribution in [0.3, 0.4) is 0 Å². The maximum Gasteiger partial charge on any atom is 0.123 e. The van der Waals surface area contributed by atoms with Gasteiger partial charge in [0.2, 0.25) is 0 Å². The van der Waals surface area contributed by atoms with E-state index in [0.717, 1.165) is 17.7 Å². The molecular formula is C17H15FS. The SMILES string of the molecule is CC1=C(SCc2ccc(F)cc2)c2ccccc2C1. The van der Waals surface area contributed by atoms with Gasteiger partial charge in [-0.15, -0.1) is 11.8 Å². The van der Waals surface area contributed by atoms with Crippen molar-refractivity contribution in [3.05, 3.63) is 76.6 Å². The lowest BCUT2D eigenvalue weighted by Gasteiger charge is -2.06. The maximum absolute atomic E-state index is 12.9. The first-order chi connectivity index (χ1) is 9.24. The average molecular weight is 270 g/mol. The quantitative estimate of drug-likeness (QED) is 0.752. The number of hydrogen-bond acceptors (Lipinski definition) is 1. The summed E-state index contributed by atoms with van der Waals surface area (Å²) in [6.45, 7) is 2.20. The topological polar surface area (TPSA) is 0 Å². The molecule has 0 saturated carbocycles. The number of benzene rings is 2. The normalized spacial score (nSPS) is 13.8. The third kappa shape index (κ3) is 2.59. The van der Waals surface area contributed by atoms with Gasteiger partial charge < -0.3 is 0 Å². The van der Waals surface area contributed by atoms with E-state index in [1.54, 1.807) is 0 Å². The van der Waals surface area contributed by atoms with Crippen molar-refractivity contribution < 1.29 is 4.39 Å². The van der Waals surface area contributed by atoms with E-state index < -0.39 is 0 Å². The van der Waals surface area contributed by atoms with Crippen molar-refractivity contribution in [3.8, 4) is 0 Å². The highest BCUT2D eigenvalue weighted by Gasteiger charge is 2.18. The molecule has 0 fully saturated rings. The average Bonchev–Trinajstić information content (AvgIpc) is 2.74. The predicted octanol–water partition coefficient (Wildman–Crippen LogP) is 5.05. The van der Waals surface area contributed by atoms with E-state index in [0.29, 0.717) is 0 Å². The van der Waals surface area contributed by atoms with Crippen LogP contribution in [-0.2, 0) is 12.2 Å². The van der Waals surface area contributed by atoms with E-state index in [9.17, 15) is 4.39 Å². The lowest BCUT2D eigenvalue weighted by molar-refractivity contribution is 0.627. The van der Waals surface area contributed by atoms with E-state index in [1.807, 2.05) is 23.9 Å². The second-order valence-electron chi connectivity index (χ2n) is 4.86. The molecule has 0 amide bonds. The molecule has 1 aliphatic carbocycles. The van der Waals surface area contributed by atoms with Crippen LogP contribution < -0.4 is 0 Å². The van der Waals surface area contributed by atoms with E-state index in [1.165, 1.54) is 33.7 Å². The summed E-state index contributed by atoms with van der Waals surface area (Å²) in [5.41, 5.74) is 5.39. The van der Waals surface area contributed by atoms with Crippen LogP contribution in [0.1, 0.15) is 23.6 Å². The number of halogens is 1. The summed E-state index contributed by atoms with van der Waals surface area (Å²) in [5.74, 6) is 0.719. The molecule has 0 aliphatic heterocycles. The predicted molar refractivity (Wildman–Crippen MR) is 80.4 cm³/mol. The molecule has 0 bridgehead atoms. The minimum atomic E-state index is -0.171. The van der Waals surface area contributed by atoms with Gasteiger partial charge in [-0.3, -0.25) is 0 Å². The van der Waals surface area contributed by atoms with Gasteiger partial charge >= 0.3 is 0 Å². The van der Waals surface area contributed by atoms with Crippen molar-refractivity contribution in [1.82, 2.24) is 0 Å². The van der Waals surface area contributed by atoms with Gasteiger partial charge in [-0.25, -0.2) is 4.39 Å². The monoisotopic (exact) mass is 270 g/mol. The highest BCUT2D eigenvalue weighted by atomic mass is 32.2. The molecule has 2 heteroatoms. The van der Waals surface area contributed by atoms with Crippen LogP contribution >= 0.6 is 11.8 Å². The summed E-state index contributed by atoms with van der Waals surface area (Å²) in [5, 5.41) is 0. The molecule has 2 aromatic rings. The second kappa shape index (κ2) is 5.22. The zero-order valence-electron chi connectivity index (χ0n) is 10.8. The summed E-state index contributed by atoms with van der Waals surface area (Å²) in [7, 11) is 0. The van der Waals surface area contributed by atoms with Crippen LogP contribution in [0.25, 0.3) is 4.91 Å². The first-order valence-corrected chi connectivity index (χ1v) is 7.38. The van der Waals surface area contributed by atoms with Gasteiger partial charge in [-0.2, -0.15) is 0 Å². The standard InChI is InChI=1S/C17H15FS/c1-12-10-14-4-2-3-5-16(14)17(12)19-11-13-6-8-15(18)9-7-13/h2-9H,10-11H2,1H3. The Morgan fingerprint density at radius 1 is 1.05 bits per heavy atom. The van der Waals surface area contributed by atoms with E-state index in [-0.39, 0.29) is 5.82 Å². The van der Waals surface area contributed by atoms with Crippen molar-refractivity contribution in [2.75, 3.05) is 0 Å². The van der Waals surface area contributed by atoms with Gasteiger partial charge in [-0.05, 0) is 42.2 Å². The van der Waals surface area contributed by atoms with E-state index >= 15 is 0 Å². The number of fused-ring (bicyclic) bond motifs is 1. The Bertz CT molecular complexity index is 626. The summed E-state index contributed by atoms with van der Waals surface area (Å²) in [6.07, 6.45) is 1.06. The van der Waals surface area contributed by atoms with Gasteiger partial charge in [0.05, 0.1) is 0 Å². The Morgan fingerprint density at radius 2 is 1.79 bits per heavy atom. The highest BCUT2D eigenvalue weighted by Crippen LogP contribution is 2.41. The molecule has 0 atom stereocenters. The first kappa shape index (κ1) is 12.5. The van der Waals surface area contributed by atoms with Gasteiger partial charge in [0, 0.05) is 10.7 Å². The number of rotatable bonds is 3. The van der Waals surface area contributed by atoms with Crippen LogP contribution in [0.2, 0.25) is 0 Å². The fourth-order valence-corrected chi connectivity index (χ4v) is 3.61. The fraction of sp³-hybridized carbons (Fsp3) is 0.176. The molecule has 0 heterocycles. The third-order valence-electron chi connectivity index (χ3n) is 3.40. The van der Waals surface area contributed by atoms with Crippen LogP contribution in [0.4, 0.5) is 4.39 Å². The van der Waals surface area contributed by atoms with Gasteiger partial charge in [0.1, 0.15) is 5.82 Å². The van der Waals surface area contributed by atoms with Crippen LogP contribution in [0.15, 0.2) is 54.1 Å². The van der Waals surface area contributed by atoms with Gasteiger partial charge in [0.15, 0.2) is 0 Å². The summed E-state index contributed by atoms with van der Waals surface area (Å²) in [4.78, 5) is 1.39. The Labute approximate surface area is 117 Å².